The molecule has 0 unspecified atom stereocenters. The zero-order valence-electron chi connectivity index (χ0n) is 11.5. The number of carboxylic acid groups (broad SMARTS) is 1. The Bertz CT molecular complexity index is 652. The topological polar surface area (TPSA) is 49.3 Å². The summed E-state index contributed by atoms with van der Waals surface area (Å²) in [5.41, 5.74) is 1.08. The number of aryl methyl sites for hydroxylation is 1. The van der Waals surface area contributed by atoms with Crippen molar-refractivity contribution in [2.45, 2.75) is 25.6 Å². The van der Waals surface area contributed by atoms with E-state index in [0.29, 0.717) is 12.1 Å². The molecule has 1 aromatic carbocycles. The van der Waals surface area contributed by atoms with Gasteiger partial charge in [0, 0.05) is 24.0 Å². The van der Waals surface area contributed by atoms with Gasteiger partial charge >= 0.3 is 12.1 Å². The lowest BCUT2D eigenvalue weighted by Gasteiger charge is -2.11. The van der Waals surface area contributed by atoms with Gasteiger partial charge in [0.1, 0.15) is 0 Å². The molecular formula is C15H14F3NO2S. The Kier molecular flexibility index (Phi) is 5.07. The first kappa shape index (κ1) is 16.4. The number of halogens is 3. The summed E-state index contributed by atoms with van der Waals surface area (Å²) in [7, 11) is 0. The second kappa shape index (κ2) is 6.83. The number of hydrogen-bond acceptors (Lipinski definition) is 3. The number of hydrogen-bond donors (Lipinski definition) is 2. The molecule has 0 aliphatic heterocycles. The first-order valence-corrected chi connectivity index (χ1v) is 7.47. The molecule has 0 aliphatic rings. The van der Waals surface area contributed by atoms with Crippen LogP contribution in [0.4, 0.5) is 18.9 Å². The van der Waals surface area contributed by atoms with Gasteiger partial charge in [-0.1, -0.05) is 12.1 Å². The molecule has 1 aromatic heterocycles. The molecule has 22 heavy (non-hydrogen) atoms. The summed E-state index contributed by atoms with van der Waals surface area (Å²) in [6.07, 6.45) is -3.94. The van der Waals surface area contributed by atoms with Crippen LogP contribution < -0.4 is 5.32 Å². The van der Waals surface area contributed by atoms with Crippen molar-refractivity contribution in [3.8, 4) is 0 Å². The first-order chi connectivity index (χ1) is 10.4. The van der Waals surface area contributed by atoms with Crippen molar-refractivity contribution < 1.29 is 23.1 Å². The largest absolute Gasteiger partial charge is 0.481 e. The molecule has 0 saturated heterocycles. The third-order valence-corrected chi connectivity index (χ3v) is 3.88. The molecule has 0 atom stereocenters. The number of carbonyl (C=O) groups is 1. The lowest BCUT2D eigenvalue weighted by Crippen LogP contribution is -2.09. The SMILES string of the molecule is O=C(O)CCc1cccc(NCc2cscc2C(F)(F)F)c1. The third-order valence-electron chi connectivity index (χ3n) is 3.09. The number of benzene rings is 1. The molecule has 0 radical (unpaired) electrons. The van der Waals surface area contributed by atoms with Crippen LogP contribution in [0.5, 0.6) is 0 Å². The van der Waals surface area contributed by atoms with Gasteiger partial charge in [0.15, 0.2) is 0 Å². The highest BCUT2D eigenvalue weighted by molar-refractivity contribution is 7.08. The predicted octanol–water partition coefficient (Wildman–Crippen LogP) is 4.40. The molecule has 2 aromatic rings. The van der Waals surface area contributed by atoms with Gasteiger partial charge in [-0.15, -0.1) is 0 Å². The number of carboxylic acids is 1. The summed E-state index contributed by atoms with van der Waals surface area (Å²) in [6.45, 7) is 0.0702. The minimum absolute atomic E-state index is 0.0200. The van der Waals surface area contributed by atoms with E-state index >= 15 is 0 Å². The van der Waals surface area contributed by atoms with Crippen molar-refractivity contribution in [1.82, 2.24) is 0 Å². The molecule has 118 valence electrons. The summed E-state index contributed by atoms with van der Waals surface area (Å²) in [5.74, 6) is -0.883. The molecule has 0 fully saturated rings. The van der Waals surface area contributed by atoms with E-state index in [9.17, 15) is 18.0 Å². The highest BCUT2D eigenvalue weighted by Gasteiger charge is 2.33. The van der Waals surface area contributed by atoms with Crippen molar-refractivity contribution in [3.63, 3.8) is 0 Å². The first-order valence-electron chi connectivity index (χ1n) is 6.53. The minimum Gasteiger partial charge on any atom is -0.481 e. The Hall–Kier alpha value is -2.02. The van der Waals surface area contributed by atoms with Crippen LogP contribution in [0.3, 0.4) is 0 Å². The molecule has 0 saturated carbocycles. The Morgan fingerprint density at radius 2 is 2.05 bits per heavy atom. The minimum atomic E-state index is -4.35. The summed E-state index contributed by atoms with van der Waals surface area (Å²) >= 11 is 1.02. The normalized spacial score (nSPS) is 11.4. The van der Waals surface area contributed by atoms with E-state index in [1.165, 1.54) is 5.38 Å². The molecule has 2 N–H and O–H groups in total. The van der Waals surface area contributed by atoms with E-state index in [-0.39, 0.29) is 18.5 Å². The van der Waals surface area contributed by atoms with Gasteiger partial charge in [0.25, 0.3) is 0 Å². The summed E-state index contributed by atoms with van der Waals surface area (Å²) in [6, 6.07) is 7.03. The van der Waals surface area contributed by atoms with Crippen LogP contribution in [0.15, 0.2) is 35.0 Å². The van der Waals surface area contributed by atoms with Crippen molar-refractivity contribution in [2.24, 2.45) is 0 Å². The van der Waals surface area contributed by atoms with Gasteiger partial charge in [-0.2, -0.15) is 24.5 Å². The van der Waals surface area contributed by atoms with Gasteiger partial charge in [0.05, 0.1) is 5.56 Å². The Morgan fingerprint density at radius 3 is 2.73 bits per heavy atom. The maximum absolute atomic E-state index is 12.8. The third kappa shape index (κ3) is 4.49. The number of aliphatic carboxylic acids is 1. The van der Waals surface area contributed by atoms with E-state index in [0.717, 1.165) is 22.3 Å². The van der Waals surface area contributed by atoms with Crippen LogP contribution >= 0.6 is 11.3 Å². The average molecular weight is 329 g/mol. The molecular weight excluding hydrogens is 315 g/mol. The van der Waals surface area contributed by atoms with Crippen LogP contribution in [-0.4, -0.2) is 11.1 Å². The summed E-state index contributed by atoms with van der Waals surface area (Å²) in [5, 5.41) is 14.2. The monoisotopic (exact) mass is 329 g/mol. The number of rotatable bonds is 6. The molecule has 3 nitrogen and oxygen atoms in total. The maximum Gasteiger partial charge on any atom is 0.417 e. The Morgan fingerprint density at radius 1 is 1.27 bits per heavy atom. The van der Waals surface area contributed by atoms with Crippen molar-refractivity contribution in [3.05, 3.63) is 51.7 Å². The lowest BCUT2D eigenvalue weighted by atomic mass is 10.1. The highest BCUT2D eigenvalue weighted by atomic mass is 32.1. The van der Waals surface area contributed by atoms with Gasteiger partial charge in [-0.05, 0) is 35.1 Å². The van der Waals surface area contributed by atoms with Crippen LogP contribution in [0.25, 0.3) is 0 Å². The second-order valence-electron chi connectivity index (χ2n) is 4.76. The predicted molar refractivity (Wildman–Crippen MR) is 79.0 cm³/mol. The van der Waals surface area contributed by atoms with Crippen molar-refractivity contribution in [2.75, 3.05) is 5.32 Å². The molecule has 0 amide bonds. The molecule has 0 aliphatic carbocycles. The van der Waals surface area contributed by atoms with E-state index in [2.05, 4.69) is 5.32 Å². The summed E-state index contributed by atoms with van der Waals surface area (Å²) < 4.78 is 38.3. The van der Waals surface area contributed by atoms with Gasteiger partial charge in [-0.25, -0.2) is 0 Å². The molecule has 1 heterocycles. The fourth-order valence-corrected chi connectivity index (χ4v) is 2.86. The zero-order chi connectivity index (χ0) is 16.2. The van der Waals surface area contributed by atoms with E-state index in [4.69, 9.17) is 5.11 Å². The van der Waals surface area contributed by atoms with E-state index < -0.39 is 17.7 Å². The van der Waals surface area contributed by atoms with Crippen molar-refractivity contribution >= 4 is 23.0 Å². The van der Waals surface area contributed by atoms with Gasteiger partial charge in [-0.3, -0.25) is 4.79 Å². The lowest BCUT2D eigenvalue weighted by molar-refractivity contribution is -0.138. The van der Waals surface area contributed by atoms with Crippen molar-refractivity contribution in [1.29, 1.82) is 0 Å². The van der Waals surface area contributed by atoms with E-state index in [1.54, 1.807) is 24.3 Å². The highest BCUT2D eigenvalue weighted by Crippen LogP contribution is 2.34. The van der Waals surface area contributed by atoms with Crippen LogP contribution in [-0.2, 0) is 23.9 Å². The second-order valence-corrected chi connectivity index (χ2v) is 5.50. The Labute approximate surface area is 129 Å². The van der Waals surface area contributed by atoms with Crippen LogP contribution in [0.1, 0.15) is 23.1 Å². The smallest absolute Gasteiger partial charge is 0.417 e. The molecule has 0 spiro atoms. The molecule has 7 heteroatoms. The maximum atomic E-state index is 12.8. The van der Waals surface area contributed by atoms with Crippen LogP contribution in [0, 0.1) is 0 Å². The quantitative estimate of drug-likeness (QED) is 0.826. The fraction of sp³-hybridized carbons (Fsp3) is 0.267. The van der Waals surface area contributed by atoms with E-state index in [1.807, 2.05) is 0 Å². The zero-order valence-corrected chi connectivity index (χ0v) is 12.3. The average Bonchev–Trinajstić information content (AvgIpc) is 2.92. The van der Waals surface area contributed by atoms with Gasteiger partial charge < -0.3 is 10.4 Å². The standard InChI is InChI=1S/C15H14F3NO2S/c16-15(17,18)13-9-22-8-11(13)7-19-12-3-1-2-10(6-12)4-5-14(20)21/h1-3,6,8-9,19H,4-5,7H2,(H,20,21). The number of anilines is 1. The number of alkyl halides is 3. The number of nitrogens with one attached hydrogen (secondary N) is 1. The summed E-state index contributed by atoms with van der Waals surface area (Å²) in [4.78, 5) is 10.5. The van der Waals surface area contributed by atoms with Crippen LogP contribution in [0.2, 0.25) is 0 Å². The fourth-order valence-electron chi connectivity index (χ4n) is 1.99. The Balaban J connectivity index is 2.02. The molecule has 0 bridgehead atoms. The number of thiophene rings is 1. The van der Waals surface area contributed by atoms with Gasteiger partial charge in [0.2, 0.25) is 0 Å². The molecule has 2 rings (SSSR count).